The van der Waals surface area contributed by atoms with E-state index >= 15 is 0 Å². The lowest BCUT2D eigenvalue weighted by atomic mass is 10.2. The van der Waals surface area contributed by atoms with Gasteiger partial charge in [-0.25, -0.2) is 0 Å². The Morgan fingerprint density at radius 2 is 1.79 bits per heavy atom. The normalized spacial score (nSPS) is 11.4. The van der Waals surface area contributed by atoms with Crippen molar-refractivity contribution in [1.82, 2.24) is 0 Å². The third-order valence-electron chi connectivity index (χ3n) is 3.63. The van der Waals surface area contributed by atoms with Gasteiger partial charge in [0.15, 0.2) is 0 Å². The molecular weight excluding hydrogens is 264 g/mol. The number of para-hydroxylation sites is 1. The standard InChI is InChI=1S/C16H24OSi2/c1-7-13-17-16-11-9-8-10-15(16)12-14-19(5,6)18(2,3)4/h7-11H,1,13H2,2-6H3. The molecule has 0 fully saturated rings. The number of ether oxygens (including phenoxy) is 1. The van der Waals surface area contributed by atoms with Gasteiger partial charge in [-0.3, -0.25) is 0 Å². The van der Waals surface area contributed by atoms with E-state index in [2.05, 4.69) is 50.8 Å². The van der Waals surface area contributed by atoms with E-state index < -0.39 is 15.2 Å². The molecule has 0 spiro atoms. The van der Waals surface area contributed by atoms with E-state index in [0.29, 0.717) is 6.61 Å². The predicted molar refractivity (Wildman–Crippen MR) is 89.8 cm³/mol. The Hall–Kier alpha value is -1.25. The minimum Gasteiger partial charge on any atom is -0.488 e. The van der Waals surface area contributed by atoms with Gasteiger partial charge in [-0.1, -0.05) is 63.4 Å². The molecule has 0 aromatic heterocycles. The van der Waals surface area contributed by atoms with Crippen LogP contribution in [0.1, 0.15) is 5.56 Å². The Balaban J connectivity index is 3.04. The van der Waals surface area contributed by atoms with Crippen molar-refractivity contribution in [3.8, 4) is 17.2 Å². The molecule has 0 heterocycles. The van der Waals surface area contributed by atoms with E-state index in [1.807, 2.05) is 24.3 Å². The molecule has 0 aliphatic heterocycles. The first-order chi connectivity index (χ1) is 8.78. The summed E-state index contributed by atoms with van der Waals surface area (Å²) < 4.78 is 5.64. The lowest BCUT2D eigenvalue weighted by molar-refractivity contribution is 0.362. The zero-order chi connectivity index (χ0) is 14.5. The predicted octanol–water partition coefficient (Wildman–Crippen LogP) is 4.27. The lowest BCUT2D eigenvalue weighted by Crippen LogP contribution is -2.51. The molecule has 0 saturated heterocycles. The van der Waals surface area contributed by atoms with Crippen LogP contribution in [0.15, 0.2) is 36.9 Å². The van der Waals surface area contributed by atoms with Crippen LogP contribution in [0.4, 0.5) is 0 Å². The summed E-state index contributed by atoms with van der Waals surface area (Å²) in [7, 11) is -2.61. The van der Waals surface area contributed by atoms with E-state index in [4.69, 9.17) is 4.74 Å². The largest absolute Gasteiger partial charge is 0.488 e. The number of hydrogen-bond acceptors (Lipinski definition) is 1. The third kappa shape index (κ3) is 4.41. The summed E-state index contributed by atoms with van der Waals surface area (Å²) in [6.07, 6.45) is 1.75. The minimum absolute atomic E-state index is 0.521. The van der Waals surface area contributed by atoms with Crippen LogP contribution in [0, 0.1) is 11.5 Å². The van der Waals surface area contributed by atoms with Gasteiger partial charge in [-0.2, -0.15) is 0 Å². The van der Waals surface area contributed by atoms with Crippen molar-refractivity contribution in [2.24, 2.45) is 0 Å². The van der Waals surface area contributed by atoms with Gasteiger partial charge in [0.25, 0.3) is 0 Å². The monoisotopic (exact) mass is 288 g/mol. The molecule has 0 atom stereocenters. The quantitative estimate of drug-likeness (QED) is 0.457. The molecule has 3 heteroatoms. The van der Waals surface area contributed by atoms with E-state index in [1.165, 1.54) is 0 Å². The van der Waals surface area contributed by atoms with Crippen LogP contribution in [0.3, 0.4) is 0 Å². The summed E-state index contributed by atoms with van der Waals surface area (Å²) in [4.78, 5) is 0. The van der Waals surface area contributed by atoms with Crippen LogP contribution in [0.25, 0.3) is 0 Å². The fourth-order valence-electron chi connectivity index (χ4n) is 1.26. The zero-order valence-electron chi connectivity index (χ0n) is 12.7. The smallest absolute Gasteiger partial charge is 0.135 e. The molecule has 1 aromatic rings. The van der Waals surface area contributed by atoms with E-state index in [0.717, 1.165) is 11.3 Å². The second kappa shape index (κ2) is 6.27. The second-order valence-corrected chi connectivity index (χ2v) is 22.5. The van der Waals surface area contributed by atoms with Crippen molar-refractivity contribution in [2.45, 2.75) is 32.7 Å². The van der Waals surface area contributed by atoms with Crippen LogP contribution in [0.2, 0.25) is 32.7 Å². The molecule has 19 heavy (non-hydrogen) atoms. The summed E-state index contributed by atoms with van der Waals surface area (Å²) in [5.41, 5.74) is 4.57. The highest BCUT2D eigenvalue weighted by atomic mass is 29.3. The first-order valence-electron chi connectivity index (χ1n) is 6.64. The maximum absolute atomic E-state index is 5.64. The second-order valence-electron chi connectivity index (χ2n) is 6.22. The molecule has 0 N–H and O–H groups in total. The highest BCUT2D eigenvalue weighted by Crippen LogP contribution is 2.20. The van der Waals surface area contributed by atoms with Gasteiger partial charge < -0.3 is 4.74 Å². The van der Waals surface area contributed by atoms with Gasteiger partial charge >= 0.3 is 0 Å². The molecule has 0 radical (unpaired) electrons. The molecule has 0 amide bonds. The molecule has 102 valence electrons. The van der Waals surface area contributed by atoms with Crippen LogP contribution < -0.4 is 4.74 Å². The van der Waals surface area contributed by atoms with Crippen LogP contribution in [-0.4, -0.2) is 21.8 Å². The topological polar surface area (TPSA) is 9.23 Å². The summed E-state index contributed by atoms with van der Waals surface area (Å²) in [5, 5.41) is 0. The molecule has 0 aliphatic carbocycles. The van der Waals surface area contributed by atoms with Crippen molar-refractivity contribution in [1.29, 1.82) is 0 Å². The molecule has 1 aromatic carbocycles. The number of benzene rings is 1. The molecule has 1 nitrogen and oxygen atoms in total. The van der Waals surface area contributed by atoms with Gasteiger partial charge in [-0.15, -0.1) is 5.54 Å². The average molecular weight is 289 g/mol. The van der Waals surface area contributed by atoms with Gasteiger partial charge in [0.1, 0.15) is 19.9 Å². The number of rotatable bonds is 4. The highest BCUT2D eigenvalue weighted by Gasteiger charge is 2.35. The Morgan fingerprint density at radius 1 is 1.16 bits per heavy atom. The molecule has 0 saturated carbocycles. The third-order valence-corrected chi connectivity index (χ3v) is 19.8. The summed E-state index contributed by atoms with van der Waals surface area (Å²) in [5.74, 6) is 4.21. The maximum atomic E-state index is 5.64. The van der Waals surface area contributed by atoms with E-state index in [9.17, 15) is 0 Å². The number of hydrogen-bond donors (Lipinski definition) is 0. The van der Waals surface area contributed by atoms with Gasteiger partial charge in [0, 0.05) is 0 Å². The van der Waals surface area contributed by atoms with Crippen LogP contribution in [0.5, 0.6) is 5.75 Å². The van der Waals surface area contributed by atoms with E-state index in [1.54, 1.807) is 6.08 Å². The maximum Gasteiger partial charge on any atom is 0.135 e. The van der Waals surface area contributed by atoms with Crippen LogP contribution in [-0.2, 0) is 0 Å². The van der Waals surface area contributed by atoms with Crippen molar-refractivity contribution in [2.75, 3.05) is 6.61 Å². The van der Waals surface area contributed by atoms with Crippen molar-refractivity contribution in [3.63, 3.8) is 0 Å². The summed E-state index contributed by atoms with van der Waals surface area (Å²) in [6.45, 7) is 16.2. The fourth-order valence-corrected chi connectivity index (χ4v) is 3.39. The first kappa shape index (κ1) is 15.8. The highest BCUT2D eigenvalue weighted by molar-refractivity contribution is 7.43. The average Bonchev–Trinajstić information content (AvgIpc) is 2.33. The molecule has 0 unspecified atom stereocenters. The van der Waals surface area contributed by atoms with Crippen LogP contribution >= 0.6 is 0 Å². The van der Waals surface area contributed by atoms with Crippen molar-refractivity contribution >= 4 is 15.2 Å². The molecule has 0 aliphatic rings. The van der Waals surface area contributed by atoms with Gasteiger partial charge in [0.05, 0.1) is 13.2 Å². The van der Waals surface area contributed by atoms with E-state index in [-0.39, 0.29) is 0 Å². The van der Waals surface area contributed by atoms with Crippen molar-refractivity contribution in [3.05, 3.63) is 42.5 Å². The lowest BCUT2D eigenvalue weighted by Gasteiger charge is -2.29. The Labute approximate surface area is 119 Å². The Bertz CT molecular complexity index is 501. The minimum atomic E-state index is -1.44. The first-order valence-corrected chi connectivity index (χ1v) is 14.1. The van der Waals surface area contributed by atoms with Crippen molar-refractivity contribution < 1.29 is 4.74 Å². The Kier molecular flexibility index (Phi) is 5.22. The molecule has 1 rings (SSSR count). The Morgan fingerprint density at radius 3 is 2.37 bits per heavy atom. The zero-order valence-corrected chi connectivity index (χ0v) is 14.7. The summed E-state index contributed by atoms with van der Waals surface area (Å²) >= 11 is 0. The fraction of sp³-hybridized carbons (Fsp3) is 0.375. The van der Waals surface area contributed by atoms with Gasteiger partial charge in [0.2, 0.25) is 0 Å². The molecule has 0 bridgehead atoms. The molecular formula is C16H24OSi2. The summed E-state index contributed by atoms with van der Waals surface area (Å²) in [6, 6.07) is 7.98. The SMILES string of the molecule is C=CCOc1ccccc1C#C[Si](C)(C)[Si](C)(C)C. The van der Waals surface area contributed by atoms with Gasteiger partial charge in [-0.05, 0) is 12.1 Å².